The van der Waals surface area contributed by atoms with Gasteiger partial charge in [0, 0.05) is 26.1 Å². The van der Waals surface area contributed by atoms with Crippen molar-refractivity contribution >= 4 is 16.0 Å². The van der Waals surface area contributed by atoms with Gasteiger partial charge in [-0.1, -0.05) is 0 Å². The highest BCUT2D eigenvalue weighted by Crippen LogP contribution is 2.30. The fourth-order valence-corrected chi connectivity index (χ4v) is 2.96. The van der Waals surface area contributed by atoms with Gasteiger partial charge in [0.05, 0.1) is 19.1 Å². The van der Waals surface area contributed by atoms with E-state index in [4.69, 9.17) is 14.6 Å². The van der Waals surface area contributed by atoms with Crippen molar-refractivity contribution in [3.63, 3.8) is 0 Å². The summed E-state index contributed by atoms with van der Waals surface area (Å²) in [5.41, 5.74) is 0. The Labute approximate surface area is 124 Å². The molecule has 21 heavy (non-hydrogen) atoms. The first kappa shape index (κ1) is 17.3. The lowest BCUT2D eigenvalue weighted by Crippen LogP contribution is -2.28. The summed E-state index contributed by atoms with van der Waals surface area (Å²) in [6.07, 6.45) is 0.171. The fourth-order valence-electron chi connectivity index (χ4n) is 1.73. The highest BCUT2D eigenvalue weighted by Gasteiger charge is 2.22. The van der Waals surface area contributed by atoms with E-state index < -0.39 is 16.0 Å². The van der Waals surface area contributed by atoms with Gasteiger partial charge in [-0.3, -0.25) is 4.79 Å². The van der Waals surface area contributed by atoms with Crippen LogP contribution < -0.4 is 9.47 Å². The molecule has 1 rings (SSSR count). The third-order valence-electron chi connectivity index (χ3n) is 2.93. The molecule has 0 aromatic heterocycles. The summed E-state index contributed by atoms with van der Waals surface area (Å²) in [4.78, 5) is 10.5. The van der Waals surface area contributed by atoms with Gasteiger partial charge in [-0.15, -0.1) is 0 Å². The lowest BCUT2D eigenvalue weighted by Gasteiger charge is -2.17. The van der Waals surface area contributed by atoms with E-state index in [0.717, 1.165) is 4.31 Å². The number of benzene rings is 1. The second-order valence-corrected chi connectivity index (χ2v) is 6.39. The minimum atomic E-state index is -3.69. The van der Waals surface area contributed by atoms with Crippen LogP contribution in [-0.2, 0) is 14.8 Å². The van der Waals surface area contributed by atoms with Gasteiger partial charge in [-0.25, -0.2) is 12.7 Å². The van der Waals surface area contributed by atoms with E-state index in [2.05, 4.69) is 0 Å². The lowest BCUT2D eigenvalue weighted by molar-refractivity contribution is -0.137. The van der Waals surface area contributed by atoms with Gasteiger partial charge < -0.3 is 14.6 Å². The van der Waals surface area contributed by atoms with Crippen LogP contribution in [0.15, 0.2) is 23.1 Å². The maximum absolute atomic E-state index is 12.4. The number of carboxylic acid groups (broad SMARTS) is 1. The predicted molar refractivity (Wildman–Crippen MR) is 76.2 cm³/mol. The van der Waals surface area contributed by atoms with Gasteiger partial charge in [0.2, 0.25) is 10.0 Å². The molecule has 0 saturated carbocycles. The molecule has 0 aliphatic carbocycles. The molecular weight excluding hydrogens is 298 g/mol. The lowest BCUT2D eigenvalue weighted by atomic mass is 10.3. The highest BCUT2D eigenvalue weighted by molar-refractivity contribution is 7.89. The first-order chi connectivity index (χ1) is 9.82. The number of ether oxygens (including phenoxy) is 2. The number of aliphatic carboxylic acids is 1. The second-order valence-electron chi connectivity index (χ2n) is 4.34. The number of nitrogens with zero attached hydrogens (tertiary/aromatic N) is 1. The van der Waals surface area contributed by atoms with E-state index in [1.54, 1.807) is 0 Å². The summed E-state index contributed by atoms with van der Waals surface area (Å²) in [6, 6.07) is 4.31. The second kappa shape index (κ2) is 7.28. The first-order valence-electron chi connectivity index (χ1n) is 6.23. The highest BCUT2D eigenvalue weighted by atomic mass is 32.2. The Morgan fingerprint density at radius 3 is 2.38 bits per heavy atom. The van der Waals surface area contributed by atoms with Crippen LogP contribution in [0.3, 0.4) is 0 Å². The maximum Gasteiger partial charge on any atom is 0.303 e. The molecule has 1 N–H and O–H groups in total. The Balaban J connectivity index is 2.94. The molecule has 0 fully saturated rings. The monoisotopic (exact) mass is 317 g/mol. The van der Waals surface area contributed by atoms with Gasteiger partial charge in [-0.2, -0.15) is 0 Å². The maximum atomic E-state index is 12.4. The Morgan fingerprint density at radius 1 is 1.24 bits per heavy atom. The molecule has 0 amide bonds. The number of methoxy groups -OCH3 is 2. The third-order valence-corrected chi connectivity index (χ3v) is 4.78. The van der Waals surface area contributed by atoms with E-state index in [9.17, 15) is 13.2 Å². The van der Waals surface area contributed by atoms with Crippen molar-refractivity contribution < 1.29 is 27.8 Å². The van der Waals surface area contributed by atoms with Crippen molar-refractivity contribution in [2.45, 2.75) is 17.7 Å². The average molecular weight is 317 g/mol. The van der Waals surface area contributed by atoms with Crippen LogP contribution >= 0.6 is 0 Å². The third kappa shape index (κ3) is 4.33. The van der Waals surface area contributed by atoms with Crippen LogP contribution in [0.5, 0.6) is 11.5 Å². The van der Waals surface area contributed by atoms with Crippen molar-refractivity contribution in [2.75, 3.05) is 27.8 Å². The Bertz CT molecular complexity index is 599. The van der Waals surface area contributed by atoms with Crippen LogP contribution in [-0.4, -0.2) is 51.6 Å². The molecular formula is C13H19NO6S. The SMILES string of the molecule is COc1ccc(S(=O)(=O)N(C)CCCC(=O)O)cc1OC. The number of carbonyl (C=O) groups is 1. The molecule has 0 spiro atoms. The van der Waals surface area contributed by atoms with Gasteiger partial charge in [-0.05, 0) is 18.6 Å². The molecule has 7 nitrogen and oxygen atoms in total. The molecule has 0 heterocycles. The van der Waals surface area contributed by atoms with Gasteiger partial charge in [0.15, 0.2) is 11.5 Å². The van der Waals surface area contributed by atoms with Crippen LogP contribution in [0.1, 0.15) is 12.8 Å². The minimum Gasteiger partial charge on any atom is -0.493 e. The quantitative estimate of drug-likeness (QED) is 0.774. The van der Waals surface area contributed by atoms with Crippen LogP contribution in [0.25, 0.3) is 0 Å². The summed E-state index contributed by atoms with van der Waals surface area (Å²) in [5, 5.41) is 8.57. The topological polar surface area (TPSA) is 93.1 Å². The predicted octanol–water partition coefficient (Wildman–Crippen LogP) is 1.19. The minimum absolute atomic E-state index is 0.0676. The van der Waals surface area contributed by atoms with Crippen molar-refractivity contribution in [2.24, 2.45) is 0 Å². The van der Waals surface area contributed by atoms with Crippen LogP contribution in [0.4, 0.5) is 0 Å². The molecule has 0 aliphatic rings. The molecule has 8 heteroatoms. The zero-order valence-electron chi connectivity index (χ0n) is 12.2. The molecule has 0 atom stereocenters. The molecule has 0 bridgehead atoms. The van der Waals surface area contributed by atoms with Gasteiger partial charge in [0.1, 0.15) is 0 Å². The summed E-state index contributed by atoms with van der Waals surface area (Å²) < 4.78 is 36.0. The zero-order chi connectivity index (χ0) is 16.0. The first-order valence-corrected chi connectivity index (χ1v) is 7.67. The van der Waals surface area contributed by atoms with Gasteiger partial charge in [0.25, 0.3) is 0 Å². The average Bonchev–Trinajstić information content (AvgIpc) is 2.45. The molecule has 0 aliphatic heterocycles. The normalized spacial score (nSPS) is 11.4. The zero-order valence-corrected chi connectivity index (χ0v) is 13.0. The van der Waals surface area contributed by atoms with Crippen molar-refractivity contribution in [3.8, 4) is 11.5 Å². The number of rotatable bonds is 8. The van der Waals surface area contributed by atoms with Gasteiger partial charge >= 0.3 is 5.97 Å². The molecule has 1 aromatic carbocycles. The fraction of sp³-hybridized carbons (Fsp3) is 0.462. The summed E-state index contributed by atoms with van der Waals surface area (Å²) in [7, 11) is 0.605. The molecule has 1 aromatic rings. The standard InChI is InChI=1S/C13H19NO6S/c1-14(8-4-5-13(15)16)21(17,18)10-6-7-11(19-2)12(9-10)20-3/h6-7,9H,4-5,8H2,1-3H3,(H,15,16). The van der Waals surface area contributed by atoms with E-state index in [1.807, 2.05) is 0 Å². The number of carboxylic acids is 1. The Kier molecular flexibility index (Phi) is 5.98. The van der Waals surface area contributed by atoms with E-state index in [1.165, 1.54) is 39.5 Å². The Hall–Kier alpha value is -1.80. The number of hydrogen-bond donors (Lipinski definition) is 1. The molecule has 0 saturated heterocycles. The van der Waals surface area contributed by atoms with E-state index >= 15 is 0 Å². The molecule has 0 unspecified atom stereocenters. The van der Waals surface area contributed by atoms with Crippen LogP contribution in [0.2, 0.25) is 0 Å². The van der Waals surface area contributed by atoms with Crippen LogP contribution in [0, 0.1) is 0 Å². The molecule has 0 radical (unpaired) electrons. The summed E-state index contributed by atoms with van der Waals surface area (Å²) >= 11 is 0. The smallest absolute Gasteiger partial charge is 0.303 e. The van der Waals surface area contributed by atoms with Crippen molar-refractivity contribution in [3.05, 3.63) is 18.2 Å². The summed E-state index contributed by atoms with van der Waals surface area (Å²) in [6.45, 7) is 0.128. The molecule has 118 valence electrons. The van der Waals surface area contributed by atoms with E-state index in [0.29, 0.717) is 11.5 Å². The van der Waals surface area contributed by atoms with E-state index in [-0.39, 0.29) is 24.3 Å². The summed E-state index contributed by atoms with van der Waals surface area (Å²) in [5.74, 6) is -0.200. The number of sulfonamides is 1. The number of hydrogen-bond acceptors (Lipinski definition) is 5. The largest absolute Gasteiger partial charge is 0.493 e. The van der Waals surface area contributed by atoms with Crippen molar-refractivity contribution in [1.29, 1.82) is 0 Å². The Morgan fingerprint density at radius 2 is 1.86 bits per heavy atom. The van der Waals surface area contributed by atoms with Crippen molar-refractivity contribution in [1.82, 2.24) is 4.31 Å².